The van der Waals surface area contributed by atoms with Crippen LogP contribution >= 0.6 is 0 Å². The lowest BCUT2D eigenvalue weighted by atomic mass is 10.1. The van der Waals surface area contributed by atoms with Gasteiger partial charge < -0.3 is 10.2 Å². The first-order chi connectivity index (χ1) is 6.00. The van der Waals surface area contributed by atoms with E-state index in [1.807, 2.05) is 13.8 Å². The lowest BCUT2D eigenvalue weighted by Gasteiger charge is -2.26. The Balaban J connectivity index is 2.55. The van der Waals surface area contributed by atoms with Crippen molar-refractivity contribution in [3.8, 4) is 0 Å². The highest BCUT2D eigenvalue weighted by Gasteiger charge is 2.33. The molecule has 1 fully saturated rings. The Morgan fingerprint density at radius 3 is 2.69 bits per heavy atom. The number of β-amino-alcohol motifs (C(OH)–C–C–N with tert-alkyl or cyclic N) is 1. The molecule has 0 aromatic heterocycles. The highest BCUT2D eigenvalue weighted by molar-refractivity contribution is 5.67. The molecule has 1 heterocycles. The van der Waals surface area contributed by atoms with Gasteiger partial charge in [0.25, 0.3) is 0 Å². The quantitative estimate of drug-likeness (QED) is 0.667. The molecule has 0 aliphatic carbocycles. The van der Waals surface area contributed by atoms with E-state index in [4.69, 9.17) is 5.11 Å². The van der Waals surface area contributed by atoms with Crippen LogP contribution in [0.1, 0.15) is 26.7 Å². The predicted octanol–water partition coefficient (Wildman–Crippen LogP) is 0.305. The highest BCUT2D eigenvalue weighted by Crippen LogP contribution is 2.22. The van der Waals surface area contributed by atoms with Crippen LogP contribution in [0.5, 0.6) is 0 Å². The number of rotatable bonds is 3. The summed E-state index contributed by atoms with van der Waals surface area (Å²) in [6.07, 6.45) is 0.367. The minimum absolute atomic E-state index is 0.00694. The molecule has 2 atom stereocenters. The van der Waals surface area contributed by atoms with Crippen molar-refractivity contribution in [2.24, 2.45) is 0 Å². The molecule has 13 heavy (non-hydrogen) atoms. The van der Waals surface area contributed by atoms with Crippen LogP contribution in [0.2, 0.25) is 0 Å². The minimum atomic E-state index is -0.787. The predicted molar refractivity (Wildman–Crippen MR) is 48.5 cm³/mol. The van der Waals surface area contributed by atoms with Crippen molar-refractivity contribution >= 4 is 5.97 Å². The van der Waals surface area contributed by atoms with Crippen LogP contribution in [-0.2, 0) is 4.79 Å². The maximum absolute atomic E-state index is 10.5. The molecular weight excluding hydrogens is 170 g/mol. The zero-order chi connectivity index (χ0) is 10.0. The fourth-order valence-electron chi connectivity index (χ4n) is 1.95. The van der Waals surface area contributed by atoms with Gasteiger partial charge in [-0.15, -0.1) is 0 Å². The van der Waals surface area contributed by atoms with E-state index in [-0.39, 0.29) is 18.6 Å². The van der Waals surface area contributed by atoms with Gasteiger partial charge in [-0.2, -0.15) is 0 Å². The van der Waals surface area contributed by atoms with Crippen molar-refractivity contribution in [2.45, 2.75) is 44.9 Å². The molecule has 2 N–H and O–H groups in total. The van der Waals surface area contributed by atoms with Gasteiger partial charge in [-0.05, 0) is 20.3 Å². The standard InChI is InChI=1S/C9H17NO3/c1-6(2)10-5-8(11)3-7(10)4-9(12)13/h6-8,11H,3-5H2,1-2H3,(H,12,13)/t7-,8+/m0/s1. The molecule has 1 aliphatic heterocycles. The Hall–Kier alpha value is -0.610. The number of aliphatic hydroxyl groups excluding tert-OH is 1. The van der Waals surface area contributed by atoms with E-state index >= 15 is 0 Å². The fourth-order valence-corrected chi connectivity index (χ4v) is 1.95. The van der Waals surface area contributed by atoms with Crippen molar-refractivity contribution in [1.29, 1.82) is 0 Å². The third-order valence-electron chi connectivity index (χ3n) is 2.51. The van der Waals surface area contributed by atoms with Crippen LogP contribution in [0.25, 0.3) is 0 Å². The molecule has 0 spiro atoms. The molecule has 1 rings (SSSR count). The molecule has 0 aromatic carbocycles. The third kappa shape index (κ3) is 2.67. The minimum Gasteiger partial charge on any atom is -0.481 e. The van der Waals surface area contributed by atoms with E-state index in [0.29, 0.717) is 19.0 Å². The Labute approximate surface area is 78.2 Å². The Kier molecular flexibility index (Phi) is 3.27. The molecule has 0 saturated carbocycles. The molecular formula is C9H17NO3. The summed E-state index contributed by atoms with van der Waals surface area (Å²) in [5.41, 5.74) is 0. The van der Waals surface area contributed by atoms with Crippen molar-refractivity contribution < 1.29 is 15.0 Å². The van der Waals surface area contributed by atoms with Gasteiger partial charge in [0.2, 0.25) is 0 Å². The van der Waals surface area contributed by atoms with Crippen LogP contribution < -0.4 is 0 Å². The van der Waals surface area contributed by atoms with E-state index in [0.717, 1.165) is 0 Å². The zero-order valence-corrected chi connectivity index (χ0v) is 8.10. The topological polar surface area (TPSA) is 60.8 Å². The van der Waals surface area contributed by atoms with Gasteiger partial charge in [0, 0.05) is 18.6 Å². The maximum atomic E-state index is 10.5. The molecule has 1 aliphatic rings. The number of carboxylic acid groups (broad SMARTS) is 1. The van der Waals surface area contributed by atoms with Crippen LogP contribution in [0.4, 0.5) is 0 Å². The summed E-state index contributed by atoms with van der Waals surface area (Å²) >= 11 is 0. The fraction of sp³-hybridized carbons (Fsp3) is 0.889. The molecule has 0 amide bonds. The van der Waals surface area contributed by atoms with Crippen LogP contribution in [-0.4, -0.2) is 45.8 Å². The summed E-state index contributed by atoms with van der Waals surface area (Å²) in [5, 5.41) is 18.0. The second kappa shape index (κ2) is 4.07. The SMILES string of the molecule is CC(C)N1C[C@H](O)C[C@H]1CC(=O)O. The molecule has 0 radical (unpaired) electrons. The van der Waals surface area contributed by atoms with Crippen molar-refractivity contribution in [3.63, 3.8) is 0 Å². The number of hydrogen-bond acceptors (Lipinski definition) is 3. The smallest absolute Gasteiger partial charge is 0.304 e. The molecule has 0 unspecified atom stereocenters. The average Bonchev–Trinajstić information content (AvgIpc) is 2.29. The van der Waals surface area contributed by atoms with Gasteiger partial charge in [-0.25, -0.2) is 0 Å². The molecule has 4 heteroatoms. The van der Waals surface area contributed by atoms with E-state index in [2.05, 4.69) is 4.90 Å². The number of carbonyl (C=O) groups is 1. The molecule has 4 nitrogen and oxygen atoms in total. The van der Waals surface area contributed by atoms with Gasteiger partial charge in [0.15, 0.2) is 0 Å². The zero-order valence-electron chi connectivity index (χ0n) is 8.10. The lowest BCUT2D eigenvalue weighted by molar-refractivity contribution is -0.138. The Bertz CT molecular complexity index is 193. The second-order valence-corrected chi connectivity index (χ2v) is 3.93. The van der Waals surface area contributed by atoms with E-state index in [9.17, 15) is 9.90 Å². The van der Waals surface area contributed by atoms with Crippen molar-refractivity contribution in [3.05, 3.63) is 0 Å². The number of aliphatic carboxylic acids is 1. The Morgan fingerprint density at radius 1 is 1.62 bits per heavy atom. The van der Waals surface area contributed by atoms with Crippen LogP contribution in [0.3, 0.4) is 0 Å². The summed E-state index contributed by atoms with van der Waals surface area (Å²) in [6, 6.07) is 0.314. The monoisotopic (exact) mass is 187 g/mol. The maximum Gasteiger partial charge on any atom is 0.304 e. The summed E-state index contributed by atoms with van der Waals surface area (Å²) < 4.78 is 0. The summed E-state index contributed by atoms with van der Waals surface area (Å²) in [6.45, 7) is 4.65. The largest absolute Gasteiger partial charge is 0.481 e. The van der Waals surface area contributed by atoms with E-state index < -0.39 is 5.97 Å². The summed E-state index contributed by atoms with van der Waals surface area (Å²) in [4.78, 5) is 12.6. The second-order valence-electron chi connectivity index (χ2n) is 3.93. The summed E-state index contributed by atoms with van der Waals surface area (Å²) in [7, 11) is 0. The number of hydrogen-bond donors (Lipinski definition) is 2. The number of carboxylic acids is 1. The van der Waals surface area contributed by atoms with Gasteiger partial charge in [0.05, 0.1) is 12.5 Å². The number of nitrogens with zero attached hydrogens (tertiary/aromatic N) is 1. The average molecular weight is 187 g/mol. The lowest BCUT2D eigenvalue weighted by Crippen LogP contribution is -2.37. The van der Waals surface area contributed by atoms with Gasteiger partial charge >= 0.3 is 5.97 Å². The highest BCUT2D eigenvalue weighted by atomic mass is 16.4. The number of aliphatic hydroxyl groups is 1. The molecule has 1 saturated heterocycles. The first-order valence-electron chi connectivity index (χ1n) is 4.66. The van der Waals surface area contributed by atoms with Crippen molar-refractivity contribution in [2.75, 3.05) is 6.54 Å². The first-order valence-corrected chi connectivity index (χ1v) is 4.66. The van der Waals surface area contributed by atoms with Gasteiger partial charge in [-0.1, -0.05) is 0 Å². The normalized spacial score (nSPS) is 29.8. The third-order valence-corrected chi connectivity index (χ3v) is 2.51. The Morgan fingerprint density at radius 2 is 2.23 bits per heavy atom. The molecule has 76 valence electrons. The van der Waals surface area contributed by atoms with E-state index in [1.165, 1.54) is 0 Å². The van der Waals surface area contributed by atoms with Crippen LogP contribution in [0, 0.1) is 0 Å². The molecule has 0 bridgehead atoms. The van der Waals surface area contributed by atoms with E-state index in [1.54, 1.807) is 0 Å². The number of likely N-dealkylation sites (tertiary alicyclic amines) is 1. The van der Waals surface area contributed by atoms with Crippen molar-refractivity contribution in [1.82, 2.24) is 4.90 Å². The first kappa shape index (κ1) is 10.5. The van der Waals surface area contributed by atoms with Crippen LogP contribution in [0.15, 0.2) is 0 Å². The molecule has 0 aromatic rings. The van der Waals surface area contributed by atoms with Gasteiger partial charge in [-0.3, -0.25) is 9.69 Å². The van der Waals surface area contributed by atoms with Gasteiger partial charge in [0.1, 0.15) is 0 Å². The summed E-state index contributed by atoms with van der Waals surface area (Å²) in [5.74, 6) is -0.787.